The predicted octanol–water partition coefficient (Wildman–Crippen LogP) is 1.32. The molecule has 18 heavy (non-hydrogen) atoms. The summed E-state index contributed by atoms with van der Waals surface area (Å²) in [5, 5.41) is 3.46. The maximum absolute atomic E-state index is 11.4. The maximum Gasteiger partial charge on any atom is 0.222 e. The van der Waals surface area contributed by atoms with Crippen LogP contribution in [0.2, 0.25) is 0 Å². The summed E-state index contributed by atoms with van der Waals surface area (Å²) in [6, 6.07) is 0.620. The van der Waals surface area contributed by atoms with E-state index in [-0.39, 0.29) is 5.91 Å². The molecule has 4 heteroatoms. The number of nitrogens with zero attached hydrogens (tertiary/aromatic N) is 2. The monoisotopic (exact) mass is 255 g/mol. The van der Waals surface area contributed by atoms with Crippen LogP contribution in [0.25, 0.3) is 0 Å². The average Bonchev–Trinajstić information content (AvgIpc) is 2.38. The van der Waals surface area contributed by atoms with Gasteiger partial charge in [0.2, 0.25) is 5.91 Å². The molecule has 1 aliphatic rings. The number of hydrogen-bond donors (Lipinski definition) is 1. The van der Waals surface area contributed by atoms with Crippen LogP contribution in [0.15, 0.2) is 0 Å². The zero-order chi connectivity index (χ0) is 13.4. The second-order valence-corrected chi connectivity index (χ2v) is 5.54. The molecule has 1 saturated heterocycles. The Hall–Kier alpha value is -0.610. The second kappa shape index (κ2) is 8.48. The van der Waals surface area contributed by atoms with E-state index in [0.717, 1.165) is 19.5 Å². The Kier molecular flexibility index (Phi) is 7.28. The molecule has 1 fully saturated rings. The van der Waals surface area contributed by atoms with Crippen molar-refractivity contribution in [3.8, 4) is 0 Å². The highest BCUT2D eigenvalue weighted by molar-refractivity contribution is 5.75. The molecule has 106 valence electrons. The lowest BCUT2D eigenvalue weighted by molar-refractivity contribution is -0.128. The van der Waals surface area contributed by atoms with E-state index < -0.39 is 0 Å². The maximum atomic E-state index is 11.4. The summed E-state index contributed by atoms with van der Waals surface area (Å²) in [5.74, 6) is 0.223. The molecule has 0 spiro atoms. The SMILES string of the molecule is CC(CNCCCC(=O)N(C)C)N1CCCCC1. The Morgan fingerprint density at radius 2 is 1.94 bits per heavy atom. The fourth-order valence-corrected chi connectivity index (χ4v) is 2.39. The molecule has 1 aliphatic heterocycles. The van der Waals surface area contributed by atoms with Crippen molar-refractivity contribution < 1.29 is 4.79 Å². The van der Waals surface area contributed by atoms with Gasteiger partial charge in [-0.2, -0.15) is 0 Å². The van der Waals surface area contributed by atoms with Crippen molar-refractivity contribution in [1.29, 1.82) is 0 Å². The van der Waals surface area contributed by atoms with Crippen molar-refractivity contribution in [3.05, 3.63) is 0 Å². The lowest BCUT2D eigenvalue weighted by Crippen LogP contribution is -2.43. The van der Waals surface area contributed by atoms with Crippen LogP contribution >= 0.6 is 0 Å². The highest BCUT2D eigenvalue weighted by atomic mass is 16.2. The second-order valence-electron chi connectivity index (χ2n) is 5.54. The minimum absolute atomic E-state index is 0.223. The standard InChI is InChI=1S/C14H29N3O/c1-13(17-10-5-4-6-11-17)12-15-9-7-8-14(18)16(2)3/h13,15H,4-12H2,1-3H3. The van der Waals surface area contributed by atoms with Crippen LogP contribution in [0, 0.1) is 0 Å². The van der Waals surface area contributed by atoms with Gasteiger partial charge in [0, 0.05) is 33.1 Å². The quantitative estimate of drug-likeness (QED) is 0.697. The molecule has 0 aromatic heterocycles. The molecular weight excluding hydrogens is 226 g/mol. The summed E-state index contributed by atoms with van der Waals surface area (Å²) in [6.45, 7) is 6.78. The first-order valence-corrected chi connectivity index (χ1v) is 7.26. The van der Waals surface area contributed by atoms with Crippen LogP contribution in [-0.2, 0) is 4.79 Å². The average molecular weight is 255 g/mol. The fourth-order valence-electron chi connectivity index (χ4n) is 2.39. The van der Waals surface area contributed by atoms with Gasteiger partial charge in [-0.25, -0.2) is 0 Å². The molecule has 0 aliphatic carbocycles. The molecule has 0 aromatic rings. The Morgan fingerprint density at radius 1 is 1.28 bits per heavy atom. The minimum atomic E-state index is 0.223. The number of piperidine rings is 1. The minimum Gasteiger partial charge on any atom is -0.349 e. The Balaban J connectivity index is 2.01. The number of rotatable bonds is 7. The van der Waals surface area contributed by atoms with Crippen LogP contribution in [0.5, 0.6) is 0 Å². The summed E-state index contributed by atoms with van der Waals surface area (Å²) in [7, 11) is 3.63. The molecule has 0 saturated carbocycles. The van der Waals surface area contributed by atoms with E-state index in [4.69, 9.17) is 0 Å². The van der Waals surface area contributed by atoms with E-state index in [2.05, 4.69) is 17.1 Å². The van der Waals surface area contributed by atoms with E-state index in [1.54, 1.807) is 4.90 Å². The third-order valence-corrected chi connectivity index (χ3v) is 3.70. The summed E-state index contributed by atoms with van der Waals surface area (Å²) in [6.07, 6.45) is 5.68. The molecule has 1 N–H and O–H groups in total. The van der Waals surface area contributed by atoms with Crippen LogP contribution in [-0.4, -0.2) is 62.0 Å². The molecule has 1 amide bonds. The van der Waals surface area contributed by atoms with Gasteiger partial charge in [-0.15, -0.1) is 0 Å². The van der Waals surface area contributed by atoms with Crippen LogP contribution in [0.4, 0.5) is 0 Å². The summed E-state index contributed by atoms with van der Waals surface area (Å²) in [4.78, 5) is 15.6. The highest BCUT2D eigenvalue weighted by Gasteiger charge is 2.15. The van der Waals surface area contributed by atoms with Crippen molar-refractivity contribution in [2.24, 2.45) is 0 Å². The van der Waals surface area contributed by atoms with Gasteiger partial charge in [-0.05, 0) is 45.8 Å². The molecule has 1 atom stereocenters. The van der Waals surface area contributed by atoms with Gasteiger partial charge < -0.3 is 10.2 Å². The molecule has 1 unspecified atom stereocenters. The van der Waals surface area contributed by atoms with Crippen molar-refractivity contribution in [3.63, 3.8) is 0 Å². The third kappa shape index (κ3) is 5.83. The summed E-state index contributed by atoms with van der Waals surface area (Å²) < 4.78 is 0. The number of carbonyl (C=O) groups is 1. The largest absolute Gasteiger partial charge is 0.349 e. The molecule has 0 radical (unpaired) electrons. The van der Waals surface area contributed by atoms with E-state index >= 15 is 0 Å². The number of amides is 1. The van der Waals surface area contributed by atoms with Gasteiger partial charge in [-0.1, -0.05) is 6.42 Å². The van der Waals surface area contributed by atoms with Crippen molar-refractivity contribution >= 4 is 5.91 Å². The molecule has 1 heterocycles. The predicted molar refractivity (Wildman–Crippen MR) is 75.7 cm³/mol. The van der Waals surface area contributed by atoms with Gasteiger partial charge in [0.05, 0.1) is 0 Å². The summed E-state index contributed by atoms with van der Waals surface area (Å²) >= 11 is 0. The normalized spacial score (nSPS) is 18.6. The first-order chi connectivity index (χ1) is 8.61. The molecule has 4 nitrogen and oxygen atoms in total. The topological polar surface area (TPSA) is 35.6 Å². The zero-order valence-corrected chi connectivity index (χ0v) is 12.2. The first kappa shape index (κ1) is 15.4. The van der Waals surface area contributed by atoms with E-state index in [9.17, 15) is 4.79 Å². The van der Waals surface area contributed by atoms with E-state index in [1.165, 1.54) is 32.4 Å². The smallest absolute Gasteiger partial charge is 0.222 e. The lowest BCUT2D eigenvalue weighted by atomic mass is 10.1. The fraction of sp³-hybridized carbons (Fsp3) is 0.929. The Morgan fingerprint density at radius 3 is 2.56 bits per heavy atom. The van der Waals surface area contributed by atoms with E-state index in [0.29, 0.717) is 12.5 Å². The van der Waals surface area contributed by atoms with Gasteiger partial charge >= 0.3 is 0 Å². The van der Waals surface area contributed by atoms with Crippen LogP contribution < -0.4 is 5.32 Å². The Labute approximate surface area is 112 Å². The molecule has 0 aromatic carbocycles. The summed E-state index contributed by atoms with van der Waals surface area (Å²) in [5.41, 5.74) is 0. The van der Waals surface area contributed by atoms with Crippen molar-refractivity contribution in [2.75, 3.05) is 40.3 Å². The van der Waals surface area contributed by atoms with Crippen LogP contribution in [0.1, 0.15) is 39.0 Å². The highest BCUT2D eigenvalue weighted by Crippen LogP contribution is 2.11. The number of hydrogen-bond acceptors (Lipinski definition) is 3. The molecule has 0 bridgehead atoms. The van der Waals surface area contributed by atoms with Crippen LogP contribution in [0.3, 0.4) is 0 Å². The van der Waals surface area contributed by atoms with Gasteiger partial charge in [0.25, 0.3) is 0 Å². The Bertz CT molecular complexity index is 237. The van der Waals surface area contributed by atoms with E-state index in [1.807, 2.05) is 14.1 Å². The van der Waals surface area contributed by atoms with Gasteiger partial charge in [-0.3, -0.25) is 9.69 Å². The molecule has 1 rings (SSSR count). The zero-order valence-electron chi connectivity index (χ0n) is 12.2. The van der Waals surface area contributed by atoms with Crippen molar-refractivity contribution in [2.45, 2.75) is 45.1 Å². The van der Waals surface area contributed by atoms with Crippen molar-refractivity contribution in [1.82, 2.24) is 15.1 Å². The third-order valence-electron chi connectivity index (χ3n) is 3.70. The van der Waals surface area contributed by atoms with Gasteiger partial charge in [0.1, 0.15) is 0 Å². The molecular formula is C14H29N3O. The first-order valence-electron chi connectivity index (χ1n) is 7.26. The number of likely N-dealkylation sites (tertiary alicyclic amines) is 1. The lowest BCUT2D eigenvalue weighted by Gasteiger charge is -2.32. The number of carbonyl (C=O) groups excluding carboxylic acids is 1. The number of nitrogens with one attached hydrogen (secondary N) is 1. The van der Waals surface area contributed by atoms with Gasteiger partial charge in [0.15, 0.2) is 0 Å².